The Bertz CT molecular complexity index is 800. The van der Waals surface area contributed by atoms with Crippen LogP contribution >= 0.6 is 0 Å². The highest BCUT2D eigenvalue weighted by Gasteiger charge is 2.38. The van der Waals surface area contributed by atoms with E-state index in [9.17, 15) is 14.4 Å². The summed E-state index contributed by atoms with van der Waals surface area (Å²) in [5, 5.41) is 4.68. The number of fused-ring (bicyclic) bond motifs is 1. The van der Waals surface area contributed by atoms with Crippen molar-refractivity contribution in [3.63, 3.8) is 0 Å². The molecule has 0 spiro atoms. The second-order valence-corrected chi connectivity index (χ2v) is 5.19. The summed E-state index contributed by atoms with van der Waals surface area (Å²) in [6.07, 6.45) is -0.942. The Labute approximate surface area is 137 Å². The smallest absolute Gasteiger partial charge is 0.421 e. The first kappa shape index (κ1) is 15.8. The van der Waals surface area contributed by atoms with E-state index in [1.165, 1.54) is 0 Å². The van der Waals surface area contributed by atoms with Gasteiger partial charge in [0.15, 0.2) is 0 Å². The van der Waals surface area contributed by atoms with Crippen molar-refractivity contribution in [3.8, 4) is 5.75 Å². The first-order chi connectivity index (χ1) is 11.6. The van der Waals surface area contributed by atoms with Crippen LogP contribution in [0.25, 0.3) is 10.8 Å². The Morgan fingerprint density at radius 3 is 2.62 bits per heavy atom. The molecule has 0 atom stereocenters. The Morgan fingerprint density at radius 1 is 1.17 bits per heavy atom. The second-order valence-electron chi connectivity index (χ2n) is 5.19. The minimum Gasteiger partial charge on any atom is -0.497 e. The van der Waals surface area contributed by atoms with Gasteiger partial charge in [-0.15, -0.1) is 0 Å². The Kier molecular flexibility index (Phi) is 4.33. The van der Waals surface area contributed by atoms with Crippen LogP contribution in [0.15, 0.2) is 36.4 Å². The molecule has 1 aliphatic rings. The summed E-state index contributed by atoms with van der Waals surface area (Å²) in [6.45, 7) is 0.306. The Balaban J connectivity index is 1.64. The third-order valence-corrected chi connectivity index (χ3v) is 3.68. The Hall–Kier alpha value is -3.09. The number of esters is 2. The fourth-order valence-electron chi connectivity index (χ4n) is 2.49. The molecular weight excluding hydrogens is 314 g/mol. The molecule has 0 saturated carbocycles. The molecule has 1 heterocycles. The topological polar surface area (TPSA) is 90.9 Å². The van der Waals surface area contributed by atoms with Gasteiger partial charge in [-0.05, 0) is 34.9 Å². The van der Waals surface area contributed by atoms with Gasteiger partial charge in [0, 0.05) is 6.54 Å². The molecular formula is C17H15NO6. The maximum absolute atomic E-state index is 11.8. The number of amides is 1. The minimum atomic E-state index is -1.50. The van der Waals surface area contributed by atoms with E-state index in [0.717, 1.165) is 22.1 Å². The van der Waals surface area contributed by atoms with Crippen molar-refractivity contribution in [2.45, 2.75) is 12.7 Å². The molecule has 1 N–H and O–H groups in total. The van der Waals surface area contributed by atoms with Crippen molar-refractivity contribution in [2.24, 2.45) is 0 Å². The highest BCUT2D eigenvalue weighted by atomic mass is 16.8. The predicted molar refractivity (Wildman–Crippen MR) is 83.2 cm³/mol. The molecule has 2 aromatic carbocycles. The molecule has 1 amide bonds. The largest absolute Gasteiger partial charge is 0.497 e. The monoisotopic (exact) mass is 329 g/mol. The minimum absolute atomic E-state index is 0.306. The van der Waals surface area contributed by atoms with Gasteiger partial charge in [-0.25, -0.2) is 9.59 Å². The van der Waals surface area contributed by atoms with E-state index < -0.39 is 24.1 Å². The van der Waals surface area contributed by atoms with Crippen LogP contribution in [0.2, 0.25) is 0 Å². The van der Waals surface area contributed by atoms with Crippen molar-refractivity contribution in [3.05, 3.63) is 42.0 Å². The quantitative estimate of drug-likeness (QED) is 0.648. The zero-order chi connectivity index (χ0) is 17.1. The molecule has 124 valence electrons. The fourth-order valence-corrected chi connectivity index (χ4v) is 2.49. The Morgan fingerprint density at radius 2 is 1.92 bits per heavy atom. The first-order valence-corrected chi connectivity index (χ1v) is 7.33. The van der Waals surface area contributed by atoms with Crippen molar-refractivity contribution in [1.82, 2.24) is 5.32 Å². The number of ether oxygens (including phenoxy) is 3. The summed E-state index contributed by atoms with van der Waals surface area (Å²) < 4.78 is 14.2. The number of hydrogen-bond donors (Lipinski definition) is 1. The predicted octanol–water partition coefficient (Wildman–Crippen LogP) is 0.933. The lowest BCUT2D eigenvalue weighted by Crippen LogP contribution is -2.36. The molecule has 7 nitrogen and oxygen atoms in total. The number of benzene rings is 2. The van der Waals surface area contributed by atoms with Gasteiger partial charge >= 0.3 is 24.1 Å². The van der Waals surface area contributed by atoms with Crippen LogP contribution in [0.1, 0.15) is 5.56 Å². The van der Waals surface area contributed by atoms with Crippen molar-refractivity contribution >= 4 is 28.6 Å². The lowest BCUT2D eigenvalue weighted by atomic mass is 10.0. The molecule has 0 aromatic heterocycles. The van der Waals surface area contributed by atoms with E-state index in [4.69, 9.17) is 4.74 Å². The van der Waals surface area contributed by atoms with Gasteiger partial charge in [0.05, 0.1) is 7.11 Å². The second kappa shape index (κ2) is 6.57. The van der Waals surface area contributed by atoms with E-state index in [2.05, 4.69) is 14.8 Å². The molecule has 0 aliphatic carbocycles. The van der Waals surface area contributed by atoms with Crippen LogP contribution in [-0.4, -0.2) is 37.8 Å². The SMILES string of the molecule is COc1ccc2cccc(CCNC(=O)C3OC(=O)C(=O)O3)c2c1. The number of hydrogen-bond acceptors (Lipinski definition) is 6. The molecule has 2 aromatic rings. The van der Waals surface area contributed by atoms with Crippen molar-refractivity contribution in [2.75, 3.05) is 13.7 Å². The molecule has 3 rings (SSSR count). The molecule has 0 radical (unpaired) electrons. The van der Waals surface area contributed by atoms with Gasteiger partial charge in [0.2, 0.25) is 0 Å². The van der Waals surface area contributed by atoms with Crippen LogP contribution in [0, 0.1) is 0 Å². The highest BCUT2D eigenvalue weighted by Crippen LogP contribution is 2.24. The number of rotatable bonds is 5. The lowest BCUT2D eigenvalue weighted by molar-refractivity contribution is -0.157. The third-order valence-electron chi connectivity index (χ3n) is 3.68. The van der Waals surface area contributed by atoms with Crippen LogP contribution in [0.4, 0.5) is 0 Å². The van der Waals surface area contributed by atoms with E-state index in [1.807, 2.05) is 36.4 Å². The van der Waals surface area contributed by atoms with Crippen LogP contribution in [-0.2, 0) is 30.3 Å². The van der Waals surface area contributed by atoms with Gasteiger partial charge in [-0.1, -0.05) is 24.3 Å². The summed E-state index contributed by atoms with van der Waals surface area (Å²) in [6, 6.07) is 11.7. The number of cyclic esters (lactones) is 2. The van der Waals surface area contributed by atoms with Gasteiger partial charge in [0.1, 0.15) is 5.75 Å². The molecule has 7 heteroatoms. The van der Waals surface area contributed by atoms with Crippen LogP contribution in [0.5, 0.6) is 5.75 Å². The van der Waals surface area contributed by atoms with Crippen LogP contribution < -0.4 is 10.1 Å². The zero-order valence-corrected chi connectivity index (χ0v) is 12.9. The summed E-state index contributed by atoms with van der Waals surface area (Å²) >= 11 is 0. The lowest BCUT2D eigenvalue weighted by Gasteiger charge is -2.11. The van der Waals surface area contributed by atoms with E-state index >= 15 is 0 Å². The molecule has 24 heavy (non-hydrogen) atoms. The highest BCUT2D eigenvalue weighted by molar-refractivity contribution is 6.31. The average molecular weight is 329 g/mol. The molecule has 1 saturated heterocycles. The number of carbonyl (C=O) groups is 3. The average Bonchev–Trinajstić information content (AvgIpc) is 2.93. The van der Waals surface area contributed by atoms with Gasteiger partial charge in [-0.2, -0.15) is 0 Å². The van der Waals surface area contributed by atoms with Gasteiger partial charge in [-0.3, -0.25) is 4.79 Å². The van der Waals surface area contributed by atoms with E-state index in [0.29, 0.717) is 13.0 Å². The summed E-state index contributed by atoms with van der Waals surface area (Å²) in [4.78, 5) is 33.6. The van der Waals surface area contributed by atoms with Crippen LogP contribution in [0.3, 0.4) is 0 Å². The summed E-state index contributed by atoms with van der Waals surface area (Å²) in [5.41, 5.74) is 1.03. The third kappa shape index (κ3) is 3.15. The van der Waals surface area contributed by atoms with E-state index in [-0.39, 0.29) is 0 Å². The number of nitrogens with one attached hydrogen (secondary N) is 1. The molecule has 0 bridgehead atoms. The maximum Gasteiger partial charge on any atom is 0.421 e. The summed E-state index contributed by atoms with van der Waals surface area (Å²) in [7, 11) is 1.61. The van der Waals surface area contributed by atoms with Crippen molar-refractivity contribution in [1.29, 1.82) is 0 Å². The van der Waals surface area contributed by atoms with Gasteiger partial charge < -0.3 is 19.5 Å². The summed E-state index contributed by atoms with van der Waals surface area (Å²) in [5.74, 6) is -2.22. The number of methoxy groups -OCH3 is 1. The number of carbonyl (C=O) groups excluding carboxylic acids is 3. The van der Waals surface area contributed by atoms with Gasteiger partial charge in [0.25, 0.3) is 0 Å². The van der Waals surface area contributed by atoms with Crippen molar-refractivity contribution < 1.29 is 28.6 Å². The maximum atomic E-state index is 11.8. The molecule has 0 unspecified atom stereocenters. The zero-order valence-electron chi connectivity index (χ0n) is 12.9. The first-order valence-electron chi connectivity index (χ1n) is 7.33. The standard InChI is InChI=1S/C17H15NO6/c1-22-12-6-5-10-3-2-4-11(13(10)9-12)7-8-18-14(19)17-23-15(20)16(21)24-17/h2-6,9,17H,7-8H2,1H3,(H,18,19). The normalized spacial score (nSPS) is 14.4. The molecule has 1 fully saturated rings. The van der Waals surface area contributed by atoms with E-state index in [1.54, 1.807) is 7.11 Å². The molecule has 1 aliphatic heterocycles. The fraction of sp³-hybridized carbons (Fsp3) is 0.235.